The minimum Gasteiger partial charge on any atom is -0.493 e. The molecular formula is C34H33ClN4O6. The van der Waals surface area contributed by atoms with Gasteiger partial charge in [0.25, 0.3) is 17.4 Å². The van der Waals surface area contributed by atoms with E-state index in [2.05, 4.69) is 15.5 Å². The van der Waals surface area contributed by atoms with Crippen molar-refractivity contribution in [2.45, 2.75) is 18.9 Å². The number of amides is 2. The van der Waals surface area contributed by atoms with Crippen molar-refractivity contribution < 1.29 is 23.8 Å². The van der Waals surface area contributed by atoms with Gasteiger partial charge in [-0.15, -0.1) is 0 Å². The van der Waals surface area contributed by atoms with Crippen molar-refractivity contribution in [1.82, 2.24) is 4.57 Å². The van der Waals surface area contributed by atoms with Crippen molar-refractivity contribution in [2.24, 2.45) is 5.92 Å². The smallest absolute Gasteiger partial charge is 0.255 e. The van der Waals surface area contributed by atoms with Crippen LogP contribution in [0, 0.1) is 5.92 Å². The fourth-order valence-corrected chi connectivity index (χ4v) is 6.42. The fraction of sp³-hybridized carbons (Fsp3) is 0.265. The number of benzene rings is 3. The number of halogens is 1. The molecule has 2 bridgehead atoms. The molecule has 2 aliphatic heterocycles. The van der Waals surface area contributed by atoms with E-state index in [-0.39, 0.29) is 28.9 Å². The predicted octanol–water partition coefficient (Wildman–Crippen LogP) is 5.66. The van der Waals surface area contributed by atoms with E-state index in [0.717, 1.165) is 17.8 Å². The van der Waals surface area contributed by atoms with Gasteiger partial charge in [-0.1, -0.05) is 17.7 Å². The van der Waals surface area contributed by atoms with Crippen LogP contribution in [0.2, 0.25) is 5.02 Å². The number of carbonyl (C=O) groups excluding carboxylic acids is 2. The minimum atomic E-state index is -0.417. The van der Waals surface area contributed by atoms with Crippen LogP contribution < -0.4 is 35.3 Å². The maximum absolute atomic E-state index is 13.8. The van der Waals surface area contributed by atoms with E-state index in [0.29, 0.717) is 58.8 Å². The molecule has 0 saturated carbocycles. The number of aromatic nitrogens is 1. The van der Waals surface area contributed by atoms with Crippen molar-refractivity contribution in [3.63, 3.8) is 0 Å². The van der Waals surface area contributed by atoms with Crippen LogP contribution in [0.1, 0.15) is 38.7 Å². The van der Waals surface area contributed by atoms with E-state index in [1.165, 1.54) is 21.3 Å². The molecule has 2 amide bonds. The van der Waals surface area contributed by atoms with Crippen LogP contribution in [0.3, 0.4) is 0 Å². The van der Waals surface area contributed by atoms with Crippen molar-refractivity contribution >= 4 is 40.5 Å². The molecule has 2 N–H and O–H groups in total. The van der Waals surface area contributed by atoms with E-state index in [1.807, 2.05) is 22.8 Å². The number of piperidine rings is 1. The molecule has 0 spiro atoms. The largest absolute Gasteiger partial charge is 0.493 e. The Morgan fingerprint density at radius 3 is 2.20 bits per heavy atom. The number of hydrogen-bond acceptors (Lipinski definition) is 7. The quantitative estimate of drug-likeness (QED) is 0.259. The van der Waals surface area contributed by atoms with Gasteiger partial charge in [-0.2, -0.15) is 0 Å². The van der Waals surface area contributed by atoms with Crippen molar-refractivity contribution in [2.75, 3.05) is 50.0 Å². The monoisotopic (exact) mass is 628 g/mol. The fourth-order valence-electron chi connectivity index (χ4n) is 6.29. The molecule has 2 aliphatic rings. The van der Waals surface area contributed by atoms with Crippen LogP contribution >= 0.6 is 11.6 Å². The van der Waals surface area contributed by atoms with Gasteiger partial charge in [0, 0.05) is 59.1 Å². The molecule has 45 heavy (non-hydrogen) atoms. The lowest BCUT2D eigenvalue weighted by molar-refractivity contribution is 0.101. The van der Waals surface area contributed by atoms with Crippen molar-refractivity contribution in [3.8, 4) is 17.2 Å². The second kappa shape index (κ2) is 12.6. The summed E-state index contributed by atoms with van der Waals surface area (Å²) in [6.07, 6.45) is 0.981. The number of methoxy groups -OCH3 is 3. The molecule has 2 atom stereocenters. The summed E-state index contributed by atoms with van der Waals surface area (Å²) in [5, 5.41) is 6.49. The van der Waals surface area contributed by atoms with Gasteiger partial charge in [0.1, 0.15) is 0 Å². The first kappa shape index (κ1) is 30.1. The standard InChI is InChI=1S/C34H33ClN4O6/c1-43-29-15-22(16-30(44-2)32(29)45-3)34(42)37-26-14-21(33(41)36-25-10-8-24(35)9-11-25)7-12-28(26)38-17-20-13-23(19-38)27-5-4-6-31(40)39(27)18-20/h4-12,14-16,20,23H,13,17-19H2,1-3H3,(H,36,41)(H,37,42). The summed E-state index contributed by atoms with van der Waals surface area (Å²) < 4.78 is 18.2. The summed E-state index contributed by atoms with van der Waals surface area (Å²) in [4.78, 5) is 41.9. The molecule has 0 aliphatic carbocycles. The average molecular weight is 629 g/mol. The summed E-state index contributed by atoms with van der Waals surface area (Å²) in [6.45, 7) is 1.99. The van der Waals surface area contributed by atoms with Gasteiger partial charge in [-0.3, -0.25) is 14.4 Å². The Balaban J connectivity index is 1.35. The van der Waals surface area contributed by atoms with E-state index >= 15 is 0 Å². The second-order valence-electron chi connectivity index (χ2n) is 11.2. The Kier molecular flexibility index (Phi) is 8.40. The molecule has 1 aromatic heterocycles. The summed E-state index contributed by atoms with van der Waals surface area (Å²) in [6, 6.07) is 20.7. The number of rotatable bonds is 8. The lowest BCUT2D eigenvalue weighted by atomic mass is 9.83. The number of pyridine rings is 1. The highest BCUT2D eigenvalue weighted by Crippen LogP contribution is 2.41. The molecule has 0 radical (unpaired) electrons. The highest BCUT2D eigenvalue weighted by atomic mass is 35.5. The second-order valence-corrected chi connectivity index (χ2v) is 11.6. The van der Waals surface area contributed by atoms with Crippen LogP contribution in [0.15, 0.2) is 77.6 Å². The predicted molar refractivity (Wildman–Crippen MR) is 174 cm³/mol. The Bertz CT molecular complexity index is 1800. The Hall–Kier alpha value is -4.96. The minimum absolute atomic E-state index is 0.0185. The molecule has 3 aromatic carbocycles. The lowest BCUT2D eigenvalue weighted by Crippen LogP contribution is -2.47. The van der Waals surface area contributed by atoms with Crippen molar-refractivity contribution in [3.05, 3.63) is 105 Å². The van der Waals surface area contributed by atoms with Crippen molar-refractivity contribution in [1.29, 1.82) is 0 Å². The van der Waals surface area contributed by atoms with Gasteiger partial charge in [-0.25, -0.2) is 0 Å². The zero-order valence-corrected chi connectivity index (χ0v) is 25.9. The molecule has 1 saturated heterocycles. The summed E-state index contributed by atoms with van der Waals surface area (Å²) in [7, 11) is 4.47. The van der Waals surface area contributed by atoms with Gasteiger partial charge < -0.3 is 34.3 Å². The maximum atomic E-state index is 13.8. The van der Waals surface area contributed by atoms with Crippen LogP contribution in [-0.2, 0) is 6.54 Å². The highest BCUT2D eigenvalue weighted by Gasteiger charge is 2.35. The highest BCUT2D eigenvalue weighted by molar-refractivity contribution is 6.30. The lowest BCUT2D eigenvalue weighted by Gasteiger charge is -2.44. The molecule has 6 rings (SSSR count). The number of carbonyl (C=O) groups is 2. The van der Waals surface area contributed by atoms with E-state index in [4.69, 9.17) is 25.8 Å². The number of ether oxygens (including phenoxy) is 3. The average Bonchev–Trinajstić information content (AvgIpc) is 3.05. The van der Waals surface area contributed by atoms with E-state index < -0.39 is 5.91 Å². The number of nitrogens with one attached hydrogen (secondary N) is 2. The number of anilines is 3. The first-order valence-corrected chi connectivity index (χ1v) is 14.9. The van der Waals surface area contributed by atoms with Gasteiger partial charge in [0.2, 0.25) is 5.75 Å². The normalized spacial score (nSPS) is 16.8. The summed E-state index contributed by atoms with van der Waals surface area (Å²) >= 11 is 6.00. The van der Waals surface area contributed by atoms with Gasteiger partial charge in [0.05, 0.1) is 32.7 Å². The van der Waals surface area contributed by atoms with E-state index in [9.17, 15) is 14.4 Å². The number of fused-ring (bicyclic) bond motifs is 4. The molecule has 1 fully saturated rings. The molecule has 4 aromatic rings. The van der Waals surface area contributed by atoms with E-state index in [1.54, 1.807) is 54.6 Å². The third kappa shape index (κ3) is 6.06. The summed E-state index contributed by atoms with van der Waals surface area (Å²) in [5.74, 6) is 0.709. The molecule has 3 heterocycles. The molecular weight excluding hydrogens is 596 g/mol. The topological polar surface area (TPSA) is 111 Å². The summed E-state index contributed by atoms with van der Waals surface area (Å²) in [5.41, 5.74) is 3.53. The van der Waals surface area contributed by atoms with Crippen LogP contribution in [0.25, 0.3) is 0 Å². The number of hydrogen-bond donors (Lipinski definition) is 2. The van der Waals surface area contributed by atoms with Gasteiger partial charge in [0.15, 0.2) is 11.5 Å². The zero-order chi connectivity index (χ0) is 31.7. The maximum Gasteiger partial charge on any atom is 0.255 e. The van der Waals surface area contributed by atoms with Crippen LogP contribution in [-0.4, -0.2) is 50.8 Å². The molecule has 2 unspecified atom stereocenters. The Morgan fingerprint density at radius 1 is 0.800 bits per heavy atom. The SMILES string of the molecule is COc1cc(C(=O)Nc2cc(C(=O)Nc3ccc(Cl)cc3)ccc2N2CC3CC(C2)c2cccc(=O)n2C3)cc(OC)c1OC. The third-order valence-corrected chi connectivity index (χ3v) is 8.61. The molecule has 10 nitrogen and oxygen atoms in total. The Labute approximate surface area is 265 Å². The van der Waals surface area contributed by atoms with Crippen LogP contribution in [0.5, 0.6) is 17.2 Å². The molecule has 11 heteroatoms. The third-order valence-electron chi connectivity index (χ3n) is 8.36. The zero-order valence-electron chi connectivity index (χ0n) is 25.1. The van der Waals surface area contributed by atoms with Crippen LogP contribution in [0.4, 0.5) is 17.1 Å². The van der Waals surface area contributed by atoms with Gasteiger partial charge in [-0.05, 0) is 73.0 Å². The van der Waals surface area contributed by atoms with Gasteiger partial charge >= 0.3 is 0 Å². The first-order chi connectivity index (χ1) is 21.8. The molecule has 232 valence electrons. The number of nitrogens with zero attached hydrogens (tertiary/aromatic N) is 2. The first-order valence-electron chi connectivity index (χ1n) is 14.5. The Morgan fingerprint density at radius 2 is 1.51 bits per heavy atom.